The number of rotatable bonds is 33. The molecule has 5 heteroatoms. The largest absolute Gasteiger partial charge is 0.394 e. The molecule has 5 nitrogen and oxygen atoms in total. The van der Waals surface area contributed by atoms with Crippen LogP contribution in [-0.2, 0) is 4.79 Å². The monoisotopic (exact) mass is 596 g/mol. The fraction of sp³-hybridized carbons (Fsp3) is 0.919. The minimum absolute atomic E-state index is 0.0179. The summed E-state index contributed by atoms with van der Waals surface area (Å²) in [6, 6.07) is -0.736. The molecule has 0 rings (SSSR count). The van der Waals surface area contributed by atoms with Crippen molar-refractivity contribution in [2.75, 3.05) is 6.61 Å². The maximum Gasteiger partial charge on any atom is 0.222 e. The molecule has 3 unspecified atom stereocenters. The number of aliphatic hydroxyl groups excluding tert-OH is 3. The Hall–Kier alpha value is -0.910. The van der Waals surface area contributed by atoms with Crippen LogP contribution in [0.5, 0.6) is 0 Å². The Morgan fingerprint density at radius 3 is 1.38 bits per heavy atom. The molecule has 0 aliphatic carbocycles. The van der Waals surface area contributed by atoms with E-state index < -0.39 is 18.2 Å². The molecule has 1 amide bonds. The Bertz CT molecular complexity index is 582. The highest BCUT2D eigenvalue weighted by molar-refractivity contribution is 5.76. The normalized spacial score (nSPS) is 13.9. The van der Waals surface area contributed by atoms with Gasteiger partial charge in [-0.05, 0) is 19.3 Å². The fourth-order valence-corrected chi connectivity index (χ4v) is 5.69. The van der Waals surface area contributed by atoms with E-state index >= 15 is 0 Å². The molecule has 0 aliphatic rings. The number of carbonyl (C=O) groups is 1. The molecule has 250 valence electrons. The van der Waals surface area contributed by atoms with E-state index in [1.54, 1.807) is 6.08 Å². The summed E-state index contributed by atoms with van der Waals surface area (Å²) in [5.41, 5.74) is 0. The Kier molecular flexibility index (Phi) is 32.3. The zero-order valence-electron chi connectivity index (χ0n) is 28.1. The third-order valence-electron chi connectivity index (χ3n) is 8.57. The zero-order valence-corrected chi connectivity index (χ0v) is 28.1. The minimum atomic E-state index is -0.921. The molecule has 0 radical (unpaired) electrons. The van der Waals surface area contributed by atoms with Crippen molar-refractivity contribution in [3.05, 3.63) is 12.2 Å². The second-order valence-corrected chi connectivity index (χ2v) is 12.8. The predicted molar refractivity (Wildman–Crippen MR) is 181 cm³/mol. The molecule has 0 aliphatic heterocycles. The van der Waals surface area contributed by atoms with Gasteiger partial charge in [-0.3, -0.25) is 4.79 Å². The van der Waals surface area contributed by atoms with Crippen molar-refractivity contribution >= 4 is 5.91 Å². The zero-order chi connectivity index (χ0) is 30.9. The van der Waals surface area contributed by atoms with Gasteiger partial charge in [0.15, 0.2) is 0 Å². The molecule has 0 aromatic carbocycles. The third-order valence-corrected chi connectivity index (χ3v) is 8.57. The average molecular weight is 596 g/mol. The Morgan fingerprint density at radius 1 is 0.595 bits per heavy atom. The molecule has 0 heterocycles. The summed E-state index contributed by atoms with van der Waals surface area (Å²) in [7, 11) is 0. The number of allylic oxidation sites excluding steroid dienone is 1. The second-order valence-electron chi connectivity index (χ2n) is 12.8. The van der Waals surface area contributed by atoms with Crippen LogP contribution in [0.3, 0.4) is 0 Å². The van der Waals surface area contributed by atoms with Crippen molar-refractivity contribution in [3.63, 3.8) is 0 Å². The molecule has 0 aromatic heterocycles. The number of amides is 1. The summed E-state index contributed by atoms with van der Waals surface area (Å²) in [6.07, 6.45) is 36.2. The lowest BCUT2D eigenvalue weighted by Gasteiger charge is -2.21. The van der Waals surface area contributed by atoms with Gasteiger partial charge in [0.2, 0.25) is 5.91 Å². The van der Waals surface area contributed by atoms with Gasteiger partial charge in [-0.2, -0.15) is 0 Å². The van der Waals surface area contributed by atoms with Crippen molar-refractivity contribution in [2.24, 2.45) is 0 Å². The molecule has 0 spiro atoms. The molecule has 0 aromatic rings. The molecule has 0 bridgehead atoms. The number of hydrogen-bond donors (Lipinski definition) is 4. The van der Waals surface area contributed by atoms with Crippen LogP contribution in [0.4, 0.5) is 0 Å². The third kappa shape index (κ3) is 29.2. The van der Waals surface area contributed by atoms with Gasteiger partial charge in [0.1, 0.15) is 0 Å². The van der Waals surface area contributed by atoms with Gasteiger partial charge in [0, 0.05) is 0 Å². The Morgan fingerprint density at radius 2 is 0.976 bits per heavy atom. The topological polar surface area (TPSA) is 89.8 Å². The van der Waals surface area contributed by atoms with E-state index in [0.29, 0.717) is 6.42 Å². The average Bonchev–Trinajstić information content (AvgIpc) is 2.98. The van der Waals surface area contributed by atoms with E-state index in [-0.39, 0.29) is 18.9 Å². The fourth-order valence-electron chi connectivity index (χ4n) is 5.69. The van der Waals surface area contributed by atoms with Gasteiger partial charge in [-0.15, -0.1) is 0 Å². The second kappa shape index (κ2) is 33.0. The summed E-state index contributed by atoms with van der Waals surface area (Å²) in [5, 5.41) is 33.0. The van der Waals surface area contributed by atoms with E-state index in [4.69, 9.17) is 0 Å². The number of carbonyl (C=O) groups excluding carboxylic acids is 1. The number of unbranched alkanes of at least 4 members (excludes halogenated alkanes) is 24. The molecular formula is C37H73NO4. The van der Waals surface area contributed by atoms with Crippen molar-refractivity contribution in [2.45, 2.75) is 212 Å². The van der Waals surface area contributed by atoms with E-state index in [1.807, 2.05) is 6.08 Å². The summed E-state index contributed by atoms with van der Waals surface area (Å²) >= 11 is 0. The van der Waals surface area contributed by atoms with Gasteiger partial charge < -0.3 is 20.6 Å². The van der Waals surface area contributed by atoms with E-state index in [9.17, 15) is 20.1 Å². The van der Waals surface area contributed by atoms with Crippen LogP contribution in [0, 0.1) is 0 Å². The first-order chi connectivity index (χ1) is 20.5. The van der Waals surface area contributed by atoms with Crippen LogP contribution in [0.15, 0.2) is 12.2 Å². The number of hydrogen-bond acceptors (Lipinski definition) is 4. The van der Waals surface area contributed by atoms with Gasteiger partial charge in [0.05, 0.1) is 31.3 Å². The van der Waals surface area contributed by atoms with E-state index in [2.05, 4.69) is 19.2 Å². The number of nitrogens with one attached hydrogen (secondary N) is 1. The molecule has 0 fully saturated rings. The summed E-state index contributed by atoms with van der Waals surface area (Å²) in [4.78, 5) is 12.3. The maximum atomic E-state index is 12.3. The molecule has 0 saturated carbocycles. The first-order valence-electron chi connectivity index (χ1n) is 18.5. The molecular weight excluding hydrogens is 522 g/mol. The lowest BCUT2D eigenvalue weighted by molar-refractivity contribution is -0.124. The van der Waals surface area contributed by atoms with Gasteiger partial charge in [-0.25, -0.2) is 0 Å². The van der Waals surface area contributed by atoms with Gasteiger partial charge >= 0.3 is 0 Å². The van der Waals surface area contributed by atoms with Crippen molar-refractivity contribution in [1.29, 1.82) is 0 Å². The van der Waals surface area contributed by atoms with Crippen molar-refractivity contribution in [3.8, 4) is 0 Å². The van der Waals surface area contributed by atoms with Crippen LogP contribution < -0.4 is 5.32 Å². The quantitative estimate of drug-likeness (QED) is 0.0449. The van der Waals surface area contributed by atoms with Crippen LogP contribution >= 0.6 is 0 Å². The Balaban J connectivity index is 3.67. The van der Waals surface area contributed by atoms with Crippen LogP contribution in [-0.4, -0.2) is 46.1 Å². The lowest BCUT2D eigenvalue weighted by Crippen LogP contribution is -2.45. The molecule has 4 N–H and O–H groups in total. The predicted octanol–water partition coefficient (Wildman–Crippen LogP) is 9.70. The van der Waals surface area contributed by atoms with Gasteiger partial charge in [0.25, 0.3) is 0 Å². The molecule has 3 atom stereocenters. The van der Waals surface area contributed by atoms with E-state index in [0.717, 1.165) is 25.7 Å². The standard InChI is InChI=1S/C37H73NO4/c1-3-5-7-9-11-13-15-16-17-18-19-20-21-22-24-26-28-30-34(40)32-37(42)38-35(33-39)36(41)31-29-27-25-23-14-12-10-8-6-4-2/h29,31,34-36,39-41H,3-28,30,32-33H2,1-2H3,(H,38,42)/b31-29+. The highest BCUT2D eigenvalue weighted by Gasteiger charge is 2.20. The summed E-state index contributed by atoms with van der Waals surface area (Å²) in [6.45, 7) is 4.18. The van der Waals surface area contributed by atoms with Crippen LogP contribution in [0.2, 0.25) is 0 Å². The summed E-state index contributed by atoms with van der Waals surface area (Å²) < 4.78 is 0. The van der Waals surface area contributed by atoms with Crippen molar-refractivity contribution in [1.82, 2.24) is 5.32 Å². The van der Waals surface area contributed by atoms with Crippen molar-refractivity contribution < 1.29 is 20.1 Å². The Labute approximate surface area is 261 Å². The highest BCUT2D eigenvalue weighted by atomic mass is 16.3. The summed E-state index contributed by atoms with van der Waals surface area (Å²) in [5.74, 6) is -0.316. The van der Waals surface area contributed by atoms with Crippen LogP contribution in [0.1, 0.15) is 194 Å². The minimum Gasteiger partial charge on any atom is -0.394 e. The number of aliphatic hydroxyl groups is 3. The maximum absolute atomic E-state index is 12.3. The SMILES string of the molecule is CCCCCCCCCC/C=C/C(O)C(CO)NC(=O)CC(O)CCCCCCCCCCCCCCCCCCC. The smallest absolute Gasteiger partial charge is 0.222 e. The lowest BCUT2D eigenvalue weighted by atomic mass is 10.0. The first-order valence-corrected chi connectivity index (χ1v) is 18.5. The highest BCUT2D eigenvalue weighted by Crippen LogP contribution is 2.15. The van der Waals surface area contributed by atoms with Crippen LogP contribution in [0.25, 0.3) is 0 Å². The molecule has 0 saturated heterocycles. The van der Waals surface area contributed by atoms with Gasteiger partial charge in [-0.1, -0.05) is 180 Å². The van der Waals surface area contributed by atoms with E-state index in [1.165, 1.54) is 141 Å². The first kappa shape index (κ1) is 41.1. The molecule has 42 heavy (non-hydrogen) atoms.